The van der Waals surface area contributed by atoms with Crippen molar-refractivity contribution in [3.8, 4) is 0 Å². The third-order valence-electron chi connectivity index (χ3n) is 5.34. The molecule has 1 aliphatic rings. The van der Waals surface area contributed by atoms with E-state index in [1.54, 1.807) is 30.3 Å². The lowest BCUT2D eigenvalue weighted by Gasteiger charge is -2.32. The Morgan fingerprint density at radius 2 is 1.82 bits per heavy atom. The number of amides is 1. The quantitative estimate of drug-likeness (QED) is 0.805. The SMILES string of the molecule is CCC(NC(=O)C1CCCN(S(=O)(=O)c2ccccc2)C1)c1ccc(C)cc1. The van der Waals surface area contributed by atoms with Crippen LogP contribution >= 0.6 is 0 Å². The Balaban J connectivity index is 1.69. The minimum absolute atomic E-state index is 0.0609. The van der Waals surface area contributed by atoms with Crippen molar-refractivity contribution in [2.45, 2.75) is 44.0 Å². The van der Waals surface area contributed by atoms with Crippen LogP contribution in [0.1, 0.15) is 43.4 Å². The zero-order valence-corrected chi connectivity index (χ0v) is 17.3. The molecule has 28 heavy (non-hydrogen) atoms. The van der Waals surface area contributed by atoms with Crippen molar-refractivity contribution in [1.82, 2.24) is 9.62 Å². The monoisotopic (exact) mass is 400 g/mol. The highest BCUT2D eigenvalue weighted by molar-refractivity contribution is 7.89. The van der Waals surface area contributed by atoms with E-state index in [4.69, 9.17) is 0 Å². The maximum atomic E-state index is 12.9. The van der Waals surface area contributed by atoms with Crippen LogP contribution in [0.4, 0.5) is 0 Å². The van der Waals surface area contributed by atoms with Gasteiger partial charge in [0.25, 0.3) is 0 Å². The second-order valence-electron chi connectivity index (χ2n) is 7.40. The first-order chi connectivity index (χ1) is 13.4. The summed E-state index contributed by atoms with van der Waals surface area (Å²) in [7, 11) is -3.57. The molecule has 1 N–H and O–H groups in total. The van der Waals surface area contributed by atoms with Gasteiger partial charge in [-0.05, 0) is 43.9 Å². The van der Waals surface area contributed by atoms with Crippen molar-refractivity contribution in [3.05, 3.63) is 65.7 Å². The van der Waals surface area contributed by atoms with Crippen molar-refractivity contribution < 1.29 is 13.2 Å². The highest BCUT2D eigenvalue weighted by Gasteiger charge is 2.33. The number of benzene rings is 2. The van der Waals surface area contributed by atoms with Gasteiger partial charge in [-0.1, -0.05) is 55.0 Å². The van der Waals surface area contributed by atoms with E-state index in [0.717, 1.165) is 12.0 Å². The van der Waals surface area contributed by atoms with E-state index >= 15 is 0 Å². The van der Waals surface area contributed by atoms with Gasteiger partial charge in [0.1, 0.15) is 0 Å². The molecule has 2 aromatic rings. The summed E-state index contributed by atoms with van der Waals surface area (Å²) in [5.74, 6) is -0.396. The molecule has 150 valence electrons. The second-order valence-corrected chi connectivity index (χ2v) is 9.33. The Bertz CT molecular complexity index is 895. The highest BCUT2D eigenvalue weighted by atomic mass is 32.2. The van der Waals surface area contributed by atoms with Crippen molar-refractivity contribution in [2.24, 2.45) is 5.92 Å². The summed E-state index contributed by atoms with van der Waals surface area (Å²) in [6.07, 6.45) is 2.18. The molecule has 0 aromatic heterocycles. The number of carbonyl (C=O) groups is 1. The van der Waals surface area contributed by atoms with Crippen LogP contribution in [0.15, 0.2) is 59.5 Å². The topological polar surface area (TPSA) is 66.5 Å². The Hall–Kier alpha value is -2.18. The summed E-state index contributed by atoms with van der Waals surface area (Å²) in [5.41, 5.74) is 2.25. The van der Waals surface area contributed by atoms with Crippen LogP contribution in [-0.4, -0.2) is 31.7 Å². The molecule has 0 bridgehead atoms. The lowest BCUT2D eigenvalue weighted by Crippen LogP contribution is -2.46. The Morgan fingerprint density at radius 3 is 2.46 bits per heavy atom. The lowest BCUT2D eigenvalue weighted by atomic mass is 9.97. The van der Waals surface area contributed by atoms with E-state index in [-0.39, 0.29) is 29.3 Å². The molecule has 0 spiro atoms. The summed E-state index contributed by atoms with van der Waals surface area (Å²) in [6.45, 7) is 4.76. The number of rotatable bonds is 6. The molecule has 1 heterocycles. The number of nitrogens with one attached hydrogen (secondary N) is 1. The fourth-order valence-electron chi connectivity index (χ4n) is 3.63. The minimum atomic E-state index is -3.57. The van der Waals surface area contributed by atoms with Gasteiger partial charge >= 0.3 is 0 Å². The molecule has 0 aliphatic carbocycles. The molecule has 1 saturated heterocycles. The fraction of sp³-hybridized carbons (Fsp3) is 0.409. The molecule has 1 fully saturated rings. The van der Waals surface area contributed by atoms with Gasteiger partial charge in [0.15, 0.2) is 0 Å². The van der Waals surface area contributed by atoms with Crippen LogP contribution in [0.5, 0.6) is 0 Å². The maximum absolute atomic E-state index is 12.9. The molecule has 0 saturated carbocycles. The maximum Gasteiger partial charge on any atom is 0.243 e. The summed E-state index contributed by atoms with van der Waals surface area (Å²) < 4.78 is 27.2. The first-order valence-corrected chi connectivity index (χ1v) is 11.3. The smallest absolute Gasteiger partial charge is 0.243 e. The van der Waals surface area contributed by atoms with Gasteiger partial charge in [-0.25, -0.2) is 8.42 Å². The van der Waals surface area contributed by atoms with E-state index in [2.05, 4.69) is 5.32 Å². The summed E-state index contributed by atoms with van der Waals surface area (Å²) in [4.78, 5) is 13.2. The summed E-state index contributed by atoms with van der Waals surface area (Å²) >= 11 is 0. The third kappa shape index (κ3) is 4.62. The zero-order chi connectivity index (χ0) is 20.1. The number of hydrogen-bond acceptors (Lipinski definition) is 3. The van der Waals surface area contributed by atoms with Gasteiger partial charge in [-0.15, -0.1) is 0 Å². The van der Waals surface area contributed by atoms with Crippen LogP contribution in [0.3, 0.4) is 0 Å². The lowest BCUT2D eigenvalue weighted by molar-refractivity contribution is -0.126. The van der Waals surface area contributed by atoms with E-state index in [1.807, 2.05) is 38.1 Å². The Labute approximate surface area is 167 Å². The third-order valence-corrected chi connectivity index (χ3v) is 7.22. The molecule has 5 nitrogen and oxygen atoms in total. The average molecular weight is 401 g/mol. The predicted octanol–water partition coefficient (Wildman–Crippen LogP) is 3.66. The first-order valence-electron chi connectivity index (χ1n) is 9.84. The fourth-order valence-corrected chi connectivity index (χ4v) is 5.17. The molecule has 3 rings (SSSR count). The van der Waals surface area contributed by atoms with Crippen LogP contribution in [0.25, 0.3) is 0 Å². The average Bonchev–Trinajstić information content (AvgIpc) is 2.73. The molecular weight excluding hydrogens is 372 g/mol. The molecule has 0 radical (unpaired) electrons. The molecular formula is C22H28N2O3S. The van der Waals surface area contributed by atoms with Gasteiger partial charge in [0, 0.05) is 13.1 Å². The highest BCUT2D eigenvalue weighted by Crippen LogP contribution is 2.25. The minimum Gasteiger partial charge on any atom is -0.349 e. The summed E-state index contributed by atoms with van der Waals surface area (Å²) in [6, 6.07) is 16.5. The molecule has 1 amide bonds. The van der Waals surface area contributed by atoms with Crippen LogP contribution in [0.2, 0.25) is 0 Å². The molecule has 1 aliphatic heterocycles. The molecule has 2 aromatic carbocycles. The van der Waals surface area contributed by atoms with E-state index in [9.17, 15) is 13.2 Å². The van der Waals surface area contributed by atoms with Crippen LogP contribution < -0.4 is 5.32 Å². The Kier molecular flexibility index (Phi) is 6.52. The van der Waals surface area contributed by atoms with Gasteiger partial charge < -0.3 is 5.32 Å². The van der Waals surface area contributed by atoms with Gasteiger partial charge in [0.05, 0.1) is 16.9 Å². The predicted molar refractivity (Wildman–Crippen MR) is 110 cm³/mol. The zero-order valence-electron chi connectivity index (χ0n) is 16.5. The summed E-state index contributed by atoms with van der Waals surface area (Å²) in [5, 5.41) is 3.12. The first kappa shape index (κ1) is 20.6. The Morgan fingerprint density at radius 1 is 1.14 bits per heavy atom. The van der Waals surface area contributed by atoms with E-state index in [0.29, 0.717) is 19.4 Å². The number of carbonyl (C=O) groups excluding carboxylic acids is 1. The van der Waals surface area contributed by atoms with Crippen molar-refractivity contribution >= 4 is 15.9 Å². The van der Waals surface area contributed by atoms with Gasteiger partial charge in [0.2, 0.25) is 15.9 Å². The molecule has 2 atom stereocenters. The number of piperidine rings is 1. The van der Waals surface area contributed by atoms with Crippen molar-refractivity contribution in [1.29, 1.82) is 0 Å². The second kappa shape index (κ2) is 8.88. The number of hydrogen-bond donors (Lipinski definition) is 1. The van der Waals surface area contributed by atoms with E-state index in [1.165, 1.54) is 9.87 Å². The largest absolute Gasteiger partial charge is 0.349 e. The molecule has 2 unspecified atom stereocenters. The van der Waals surface area contributed by atoms with Crippen LogP contribution in [0, 0.1) is 12.8 Å². The van der Waals surface area contributed by atoms with Crippen molar-refractivity contribution in [2.75, 3.05) is 13.1 Å². The standard InChI is InChI=1S/C22H28N2O3S/c1-3-21(18-13-11-17(2)12-14-18)23-22(25)19-8-7-15-24(16-19)28(26,27)20-9-5-4-6-10-20/h4-6,9-14,19,21H,3,7-8,15-16H2,1-2H3,(H,23,25). The molecule has 6 heteroatoms. The number of aryl methyl sites for hydroxylation is 1. The van der Waals surface area contributed by atoms with Crippen LogP contribution in [-0.2, 0) is 14.8 Å². The van der Waals surface area contributed by atoms with Gasteiger partial charge in [-0.3, -0.25) is 4.79 Å². The normalized spacial score (nSPS) is 19.1. The van der Waals surface area contributed by atoms with E-state index < -0.39 is 10.0 Å². The van der Waals surface area contributed by atoms with Crippen molar-refractivity contribution in [3.63, 3.8) is 0 Å². The number of sulfonamides is 1. The van der Waals surface area contributed by atoms with Gasteiger partial charge in [-0.2, -0.15) is 4.31 Å². The number of nitrogens with zero attached hydrogens (tertiary/aromatic N) is 1.